The van der Waals surface area contributed by atoms with Crippen LogP contribution in [0.5, 0.6) is 0 Å². The van der Waals surface area contributed by atoms with Crippen LogP contribution >= 0.6 is 0 Å². The van der Waals surface area contributed by atoms with Crippen molar-refractivity contribution in [2.75, 3.05) is 50.8 Å². The second-order valence-electron chi connectivity index (χ2n) is 6.90. The molecule has 1 fully saturated rings. The Labute approximate surface area is 175 Å². The minimum absolute atomic E-state index is 0.417. The highest BCUT2D eigenvalue weighted by Crippen LogP contribution is 2.22. The topological polar surface area (TPSA) is 125 Å². The van der Waals surface area contributed by atoms with E-state index in [1.165, 1.54) is 0 Å². The Morgan fingerprint density at radius 2 is 1.97 bits per heavy atom. The molecule has 1 saturated heterocycles. The number of rotatable bonds is 7. The lowest BCUT2D eigenvalue weighted by Crippen LogP contribution is -2.48. The lowest BCUT2D eigenvalue weighted by atomic mass is 10.1. The van der Waals surface area contributed by atoms with Crippen LogP contribution in [0.2, 0.25) is 0 Å². The summed E-state index contributed by atoms with van der Waals surface area (Å²) in [6.45, 7) is 4.09. The molecule has 3 rings (SSSR count). The van der Waals surface area contributed by atoms with Crippen molar-refractivity contribution in [3.63, 3.8) is 0 Å². The SMILES string of the molecule is N#Cc1cccc(-c2ccc(N3CCN(CCNC(=O)OCC(N)=O)CC3)nc2)c1. The smallest absolute Gasteiger partial charge is 0.407 e. The minimum atomic E-state index is -0.682. The van der Waals surface area contributed by atoms with E-state index in [4.69, 9.17) is 11.0 Å². The number of nitrogens with two attached hydrogens (primary N) is 1. The van der Waals surface area contributed by atoms with Crippen molar-refractivity contribution in [3.8, 4) is 17.2 Å². The van der Waals surface area contributed by atoms with Crippen LogP contribution in [0.1, 0.15) is 5.56 Å². The Balaban J connectivity index is 1.44. The molecule has 2 amide bonds. The Hall–Kier alpha value is -3.64. The van der Waals surface area contributed by atoms with Crippen LogP contribution < -0.4 is 16.0 Å². The van der Waals surface area contributed by atoms with Gasteiger partial charge in [-0.1, -0.05) is 12.1 Å². The Morgan fingerprint density at radius 1 is 1.17 bits per heavy atom. The summed E-state index contributed by atoms with van der Waals surface area (Å²) >= 11 is 0. The summed E-state index contributed by atoms with van der Waals surface area (Å²) in [7, 11) is 0. The van der Waals surface area contributed by atoms with Crippen LogP contribution in [-0.4, -0.2) is 67.8 Å². The fourth-order valence-corrected chi connectivity index (χ4v) is 3.22. The molecule has 9 nitrogen and oxygen atoms in total. The van der Waals surface area contributed by atoms with Gasteiger partial charge in [-0.2, -0.15) is 5.26 Å². The number of pyridine rings is 1. The number of amides is 2. The van der Waals surface area contributed by atoms with E-state index in [1.807, 2.05) is 36.5 Å². The molecule has 0 aliphatic carbocycles. The molecule has 9 heteroatoms. The van der Waals surface area contributed by atoms with E-state index in [2.05, 4.69) is 30.9 Å². The summed E-state index contributed by atoms with van der Waals surface area (Å²) in [5, 5.41) is 11.7. The molecule has 1 aliphatic heterocycles. The van der Waals surface area contributed by atoms with E-state index < -0.39 is 18.6 Å². The summed E-state index contributed by atoms with van der Waals surface area (Å²) < 4.78 is 4.65. The number of hydrogen-bond donors (Lipinski definition) is 2. The van der Waals surface area contributed by atoms with Gasteiger partial charge in [0.25, 0.3) is 5.91 Å². The Bertz CT molecular complexity index is 917. The number of nitrogens with zero attached hydrogens (tertiary/aromatic N) is 4. The number of carbonyl (C=O) groups is 2. The summed E-state index contributed by atoms with van der Waals surface area (Å²) in [6, 6.07) is 13.6. The van der Waals surface area contributed by atoms with Crippen molar-refractivity contribution >= 4 is 17.8 Å². The number of ether oxygens (including phenoxy) is 1. The quantitative estimate of drug-likeness (QED) is 0.699. The van der Waals surface area contributed by atoms with Crippen LogP contribution in [-0.2, 0) is 9.53 Å². The number of aromatic nitrogens is 1. The molecule has 0 saturated carbocycles. The number of piperazine rings is 1. The lowest BCUT2D eigenvalue weighted by Gasteiger charge is -2.35. The third kappa shape index (κ3) is 5.93. The molecule has 0 radical (unpaired) electrons. The van der Waals surface area contributed by atoms with E-state index in [1.54, 1.807) is 6.07 Å². The summed E-state index contributed by atoms with van der Waals surface area (Å²) in [6.07, 6.45) is 1.19. The zero-order chi connectivity index (χ0) is 21.3. The zero-order valence-corrected chi connectivity index (χ0v) is 16.6. The van der Waals surface area contributed by atoms with Crippen molar-refractivity contribution in [3.05, 3.63) is 48.2 Å². The highest BCUT2D eigenvalue weighted by atomic mass is 16.6. The first-order valence-corrected chi connectivity index (χ1v) is 9.68. The van der Waals surface area contributed by atoms with Crippen molar-refractivity contribution in [1.82, 2.24) is 15.2 Å². The second-order valence-corrected chi connectivity index (χ2v) is 6.90. The van der Waals surface area contributed by atoms with Gasteiger partial charge >= 0.3 is 6.09 Å². The largest absolute Gasteiger partial charge is 0.439 e. The maximum Gasteiger partial charge on any atom is 0.407 e. The van der Waals surface area contributed by atoms with E-state index in [-0.39, 0.29) is 0 Å². The zero-order valence-electron chi connectivity index (χ0n) is 16.6. The summed E-state index contributed by atoms with van der Waals surface area (Å²) in [5.74, 6) is 0.238. The van der Waals surface area contributed by atoms with Crippen molar-refractivity contribution < 1.29 is 14.3 Å². The van der Waals surface area contributed by atoms with Crippen molar-refractivity contribution in [2.45, 2.75) is 0 Å². The number of nitrogens with one attached hydrogen (secondary N) is 1. The van der Waals surface area contributed by atoms with Crippen LogP contribution in [0.15, 0.2) is 42.6 Å². The van der Waals surface area contributed by atoms with Gasteiger partial charge in [0.15, 0.2) is 6.61 Å². The Morgan fingerprint density at radius 3 is 2.63 bits per heavy atom. The molecular formula is C21H24N6O3. The average Bonchev–Trinajstić information content (AvgIpc) is 2.78. The van der Waals surface area contributed by atoms with Gasteiger partial charge in [0.2, 0.25) is 0 Å². The van der Waals surface area contributed by atoms with Crippen LogP contribution in [0.3, 0.4) is 0 Å². The minimum Gasteiger partial charge on any atom is -0.439 e. The molecule has 0 unspecified atom stereocenters. The van der Waals surface area contributed by atoms with Gasteiger partial charge in [-0.3, -0.25) is 9.69 Å². The van der Waals surface area contributed by atoms with Gasteiger partial charge < -0.3 is 20.7 Å². The lowest BCUT2D eigenvalue weighted by molar-refractivity contribution is -0.120. The highest BCUT2D eigenvalue weighted by Gasteiger charge is 2.18. The average molecular weight is 408 g/mol. The van der Waals surface area contributed by atoms with E-state index in [9.17, 15) is 9.59 Å². The third-order valence-electron chi connectivity index (χ3n) is 4.81. The molecular weight excluding hydrogens is 384 g/mol. The first kappa shape index (κ1) is 21.1. The number of anilines is 1. The van der Waals surface area contributed by atoms with E-state index >= 15 is 0 Å². The van der Waals surface area contributed by atoms with Gasteiger partial charge in [0, 0.05) is 51.0 Å². The molecule has 0 bridgehead atoms. The predicted octanol–water partition coefficient (Wildman–Crippen LogP) is 0.954. The fourth-order valence-electron chi connectivity index (χ4n) is 3.22. The molecule has 2 heterocycles. The van der Waals surface area contributed by atoms with Crippen molar-refractivity contribution in [1.29, 1.82) is 5.26 Å². The number of alkyl carbamates (subject to hydrolysis) is 1. The highest BCUT2D eigenvalue weighted by molar-refractivity contribution is 5.78. The van der Waals surface area contributed by atoms with Gasteiger partial charge in [-0.25, -0.2) is 9.78 Å². The van der Waals surface area contributed by atoms with E-state index in [0.717, 1.165) is 43.1 Å². The van der Waals surface area contributed by atoms with Crippen LogP contribution in [0, 0.1) is 11.3 Å². The van der Waals surface area contributed by atoms with Crippen LogP contribution in [0.4, 0.5) is 10.6 Å². The summed E-state index contributed by atoms with van der Waals surface area (Å²) in [4.78, 5) is 31.0. The molecule has 0 spiro atoms. The van der Waals surface area contributed by atoms with Gasteiger partial charge in [-0.05, 0) is 29.8 Å². The number of hydrogen-bond acceptors (Lipinski definition) is 7. The maximum atomic E-state index is 11.4. The van der Waals surface area contributed by atoms with Gasteiger partial charge in [0.05, 0.1) is 11.6 Å². The number of primary amides is 1. The molecule has 1 aromatic carbocycles. The molecule has 156 valence electrons. The van der Waals surface area contributed by atoms with Crippen molar-refractivity contribution in [2.24, 2.45) is 5.73 Å². The first-order chi connectivity index (χ1) is 14.5. The maximum absolute atomic E-state index is 11.4. The summed E-state index contributed by atoms with van der Waals surface area (Å²) in [5.41, 5.74) is 7.50. The van der Waals surface area contributed by atoms with Gasteiger partial charge in [0.1, 0.15) is 5.82 Å². The van der Waals surface area contributed by atoms with E-state index in [0.29, 0.717) is 18.7 Å². The second kappa shape index (κ2) is 10.2. The van der Waals surface area contributed by atoms with Gasteiger partial charge in [-0.15, -0.1) is 0 Å². The third-order valence-corrected chi connectivity index (χ3v) is 4.81. The number of nitriles is 1. The predicted molar refractivity (Wildman–Crippen MR) is 112 cm³/mol. The fraction of sp³-hybridized carbons (Fsp3) is 0.333. The molecule has 2 aromatic rings. The first-order valence-electron chi connectivity index (χ1n) is 9.68. The molecule has 0 atom stereocenters. The number of benzene rings is 1. The number of carbonyl (C=O) groups excluding carboxylic acids is 2. The molecule has 1 aliphatic rings. The monoisotopic (exact) mass is 408 g/mol. The molecule has 3 N–H and O–H groups in total. The Kier molecular flexibility index (Phi) is 7.19. The molecule has 30 heavy (non-hydrogen) atoms. The molecule has 1 aromatic heterocycles. The van der Waals surface area contributed by atoms with Crippen LogP contribution in [0.25, 0.3) is 11.1 Å². The standard InChI is InChI=1S/C21H24N6O3/c22-13-16-2-1-3-17(12-16)18-4-5-20(25-14-18)27-10-8-26(9-11-27)7-6-24-21(29)30-15-19(23)28/h1-5,12,14H,6-11,15H2,(H2,23,28)(H,24,29). The normalized spacial score (nSPS) is 14.0.